The van der Waals surface area contributed by atoms with Crippen LogP contribution in [-0.4, -0.2) is 40.1 Å². The van der Waals surface area contributed by atoms with Crippen molar-refractivity contribution in [1.82, 2.24) is 9.88 Å². The fraction of sp³-hybridized carbons (Fsp3) is 0.500. The molecule has 0 aliphatic carbocycles. The number of amides is 1. The number of aliphatic hydroxyl groups is 1. The average molecular weight is 198 g/mol. The Hall–Kier alpha value is -0.940. The Bertz CT molecular complexity index is 299. The van der Waals surface area contributed by atoms with Crippen LogP contribution in [0.2, 0.25) is 0 Å². The molecule has 2 heterocycles. The molecule has 1 aromatic heterocycles. The molecule has 1 aliphatic rings. The van der Waals surface area contributed by atoms with E-state index in [1.807, 2.05) is 0 Å². The van der Waals surface area contributed by atoms with Crippen LogP contribution in [0.4, 0.5) is 0 Å². The molecule has 1 aromatic rings. The van der Waals surface area contributed by atoms with Crippen LogP contribution in [0.15, 0.2) is 11.7 Å². The van der Waals surface area contributed by atoms with Gasteiger partial charge in [0, 0.05) is 13.1 Å². The molecule has 2 rings (SSSR count). The molecule has 1 atom stereocenters. The highest BCUT2D eigenvalue weighted by Gasteiger charge is 2.25. The van der Waals surface area contributed by atoms with E-state index in [1.165, 1.54) is 11.3 Å². The first kappa shape index (κ1) is 8.65. The predicted molar refractivity (Wildman–Crippen MR) is 48.6 cm³/mol. The van der Waals surface area contributed by atoms with Gasteiger partial charge in [0.25, 0.3) is 5.91 Å². The predicted octanol–water partition coefficient (Wildman–Crippen LogP) is 0.350. The molecule has 0 radical (unpaired) electrons. The molecule has 0 aromatic carbocycles. The van der Waals surface area contributed by atoms with E-state index in [-0.39, 0.29) is 12.0 Å². The molecule has 1 N–H and O–H groups in total. The van der Waals surface area contributed by atoms with E-state index < -0.39 is 0 Å². The summed E-state index contributed by atoms with van der Waals surface area (Å²) in [7, 11) is 0. The highest BCUT2D eigenvalue weighted by atomic mass is 32.1. The van der Waals surface area contributed by atoms with Crippen molar-refractivity contribution in [1.29, 1.82) is 0 Å². The van der Waals surface area contributed by atoms with Gasteiger partial charge in [-0.3, -0.25) is 9.78 Å². The second-order valence-corrected chi connectivity index (χ2v) is 3.95. The van der Waals surface area contributed by atoms with E-state index in [9.17, 15) is 9.90 Å². The molecule has 0 unspecified atom stereocenters. The lowest BCUT2D eigenvalue weighted by Crippen LogP contribution is -2.28. The monoisotopic (exact) mass is 198 g/mol. The largest absolute Gasteiger partial charge is 0.391 e. The first-order valence-electron chi connectivity index (χ1n) is 4.13. The van der Waals surface area contributed by atoms with E-state index in [4.69, 9.17) is 0 Å². The summed E-state index contributed by atoms with van der Waals surface area (Å²) in [5, 5.41) is 9.24. The van der Waals surface area contributed by atoms with Crippen LogP contribution in [0.25, 0.3) is 0 Å². The molecule has 1 amide bonds. The number of carbonyl (C=O) groups excluding carboxylic acids is 1. The zero-order valence-corrected chi connectivity index (χ0v) is 7.83. The van der Waals surface area contributed by atoms with Gasteiger partial charge in [-0.15, -0.1) is 11.3 Å². The van der Waals surface area contributed by atoms with Crippen LogP contribution in [0.3, 0.4) is 0 Å². The van der Waals surface area contributed by atoms with Crippen LogP contribution in [0.5, 0.6) is 0 Å². The lowest BCUT2D eigenvalue weighted by Gasteiger charge is -2.13. The summed E-state index contributed by atoms with van der Waals surface area (Å²) < 4.78 is 0. The van der Waals surface area contributed by atoms with Gasteiger partial charge in [0.15, 0.2) is 0 Å². The van der Waals surface area contributed by atoms with Gasteiger partial charge in [-0.25, -0.2) is 0 Å². The lowest BCUT2D eigenvalue weighted by atomic mass is 10.3. The van der Waals surface area contributed by atoms with Crippen molar-refractivity contribution in [3.63, 3.8) is 0 Å². The Morgan fingerprint density at radius 2 is 2.62 bits per heavy atom. The number of β-amino-alcohol motifs (C(OH)–C–C–N with tert-alkyl or cyclic N) is 1. The fourth-order valence-electron chi connectivity index (χ4n) is 1.40. The van der Waals surface area contributed by atoms with Crippen molar-refractivity contribution in [2.45, 2.75) is 12.5 Å². The van der Waals surface area contributed by atoms with Crippen LogP contribution >= 0.6 is 11.3 Å². The van der Waals surface area contributed by atoms with Gasteiger partial charge >= 0.3 is 0 Å². The van der Waals surface area contributed by atoms with Gasteiger partial charge in [-0.05, 0) is 6.42 Å². The standard InChI is InChI=1S/C8H10N2O2S/c11-6-1-2-10(4-6)8(12)7-3-9-5-13-7/h3,5-6,11H,1-2,4H2/t6-/m0/s1. The Kier molecular flexibility index (Phi) is 2.28. The van der Waals surface area contributed by atoms with Crippen molar-refractivity contribution in [3.8, 4) is 0 Å². The summed E-state index contributed by atoms with van der Waals surface area (Å²) in [5.41, 5.74) is 1.64. The Morgan fingerprint density at radius 1 is 1.77 bits per heavy atom. The minimum atomic E-state index is -0.350. The summed E-state index contributed by atoms with van der Waals surface area (Å²) in [6.45, 7) is 1.11. The van der Waals surface area contributed by atoms with Gasteiger partial charge in [0.2, 0.25) is 0 Å². The summed E-state index contributed by atoms with van der Waals surface area (Å²) in [5.74, 6) is -0.0148. The molecule has 0 saturated carbocycles. The first-order valence-corrected chi connectivity index (χ1v) is 5.01. The van der Waals surface area contributed by atoms with Gasteiger partial charge in [0.1, 0.15) is 4.88 Å². The number of nitrogens with zero attached hydrogens (tertiary/aromatic N) is 2. The zero-order chi connectivity index (χ0) is 9.26. The average Bonchev–Trinajstić information content (AvgIpc) is 2.72. The van der Waals surface area contributed by atoms with E-state index >= 15 is 0 Å². The molecule has 1 saturated heterocycles. The highest BCUT2D eigenvalue weighted by molar-refractivity contribution is 7.11. The number of aromatic nitrogens is 1. The van der Waals surface area contributed by atoms with E-state index in [1.54, 1.807) is 16.6 Å². The van der Waals surface area contributed by atoms with Crippen molar-refractivity contribution < 1.29 is 9.90 Å². The van der Waals surface area contributed by atoms with Gasteiger partial charge in [-0.2, -0.15) is 0 Å². The summed E-state index contributed by atoms with van der Waals surface area (Å²) in [6.07, 6.45) is 1.90. The molecular formula is C8H10N2O2S. The first-order chi connectivity index (χ1) is 6.27. The molecule has 70 valence electrons. The van der Waals surface area contributed by atoms with Crippen molar-refractivity contribution in [2.24, 2.45) is 0 Å². The van der Waals surface area contributed by atoms with Crippen LogP contribution < -0.4 is 0 Å². The third-order valence-electron chi connectivity index (χ3n) is 2.09. The maximum Gasteiger partial charge on any atom is 0.265 e. The molecule has 5 heteroatoms. The molecule has 0 bridgehead atoms. The summed E-state index contributed by atoms with van der Waals surface area (Å²) >= 11 is 1.34. The minimum Gasteiger partial charge on any atom is -0.391 e. The number of aliphatic hydroxyl groups excluding tert-OH is 1. The second kappa shape index (κ2) is 3.43. The second-order valence-electron chi connectivity index (χ2n) is 3.06. The van der Waals surface area contributed by atoms with E-state index in [2.05, 4.69) is 4.98 Å². The van der Waals surface area contributed by atoms with Gasteiger partial charge in [0.05, 0.1) is 17.8 Å². The van der Waals surface area contributed by atoms with Crippen molar-refractivity contribution in [2.75, 3.05) is 13.1 Å². The number of carbonyl (C=O) groups is 1. The Balaban J connectivity index is 2.06. The molecule has 13 heavy (non-hydrogen) atoms. The normalized spacial score (nSPS) is 22.2. The number of likely N-dealkylation sites (tertiary alicyclic amines) is 1. The van der Waals surface area contributed by atoms with E-state index in [0.717, 1.165) is 0 Å². The third-order valence-corrected chi connectivity index (χ3v) is 2.85. The molecule has 1 fully saturated rings. The van der Waals surface area contributed by atoms with Gasteiger partial charge < -0.3 is 10.0 Å². The number of hydrogen-bond donors (Lipinski definition) is 1. The van der Waals surface area contributed by atoms with Crippen molar-refractivity contribution >= 4 is 17.2 Å². The molecular weight excluding hydrogens is 188 g/mol. The number of rotatable bonds is 1. The fourth-order valence-corrected chi connectivity index (χ4v) is 1.99. The lowest BCUT2D eigenvalue weighted by molar-refractivity contribution is 0.0769. The smallest absolute Gasteiger partial charge is 0.265 e. The van der Waals surface area contributed by atoms with Gasteiger partial charge in [-0.1, -0.05) is 0 Å². The maximum absolute atomic E-state index is 11.6. The summed E-state index contributed by atoms with van der Waals surface area (Å²) in [6, 6.07) is 0. The van der Waals surface area contributed by atoms with Crippen molar-refractivity contribution in [3.05, 3.63) is 16.6 Å². The summed E-state index contributed by atoms with van der Waals surface area (Å²) in [4.78, 5) is 17.8. The zero-order valence-electron chi connectivity index (χ0n) is 7.01. The SMILES string of the molecule is O=C(c1cncs1)N1CC[C@H](O)C1. The number of thiazole rings is 1. The van der Waals surface area contributed by atoms with Crippen LogP contribution in [-0.2, 0) is 0 Å². The minimum absolute atomic E-state index is 0.0148. The Morgan fingerprint density at radius 3 is 3.15 bits per heavy atom. The molecule has 0 spiro atoms. The molecule has 1 aliphatic heterocycles. The van der Waals surface area contributed by atoms with Crippen LogP contribution in [0, 0.1) is 0 Å². The highest BCUT2D eigenvalue weighted by Crippen LogP contribution is 2.15. The topological polar surface area (TPSA) is 53.4 Å². The maximum atomic E-state index is 11.6. The quantitative estimate of drug-likeness (QED) is 0.708. The number of hydrogen-bond acceptors (Lipinski definition) is 4. The third kappa shape index (κ3) is 1.71. The van der Waals surface area contributed by atoms with E-state index in [0.29, 0.717) is 24.4 Å². The Labute approximate surface area is 79.8 Å². The molecule has 4 nitrogen and oxygen atoms in total. The van der Waals surface area contributed by atoms with Crippen LogP contribution in [0.1, 0.15) is 16.1 Å².